The van der Waals surface area contributed by atoms with Crippen molar-refractivity contribution in [2.24, 2.45) is 17.3 Å². The Balaban J connectivity index is 1.65. The Morgan fingerprint density at radius 1 is 0.974 bits per heavy atom. The number of ether oxygens (including phenoxy) is 1. The lowest BCUT2D eigenvalue weighted by Gasteiger charge is -2.39. The summed E-state index contributed by atoms with van der Waals surface area (Å²) in [6, 6.07) is 2.00. The van der Waals surface area contributed by atoms with Gasteiger partial charge in [0.15, 0.2) is 0 Å². The molecule has 0 atom stereocenters. The van der Waals surface area contributed by atoms with Crippen LogP contribution in [0.1, 0.15) is 118 Å². The zero-order valence-electron chi connectivity index (χ0n) is 23.7. The van der Waals surface area contributed by atoms with Gasteiger partial charge in [0.1, 0.15) is 4.88 Å². The molecule has 0 spiro atoms. The van der Waals surface area contributed by atoms with Crippen molar-refractivity contribution in [2.45, 2.75) is 116 Å². The molecule has 3 fully saturated rings. The molecule has 1 amide bonds. The van der Waals surface area contributed by atoms with Crippen molar-refractivity contribution in [3.63, 3.8) is 0 Å². The zero-order valence-corrected chi connectivity index (χ0v) is 25.3. The highest BCUT2D eigenvalue weighted by Crippen LogP contribution is 2.47. The summed E-state index contributed by atoms with van der Waals surface area (Å²) in [6.45, 7) is 6.88. The van der Waals surface area contributed by atoms with E-state index in [-0.39, 0.29) is 24.0 Å². The molecule has 1 aromatic rings. The first-order valence-corrected chi connectivity index (χ1v) is 16.9. The third-order valence-corrected chi connectivity index (χ3v) is 10.9. The molecule has 0 aromatic carbocycles. The molecular weight excluding hydrogens is 522 g/mol. The van der Waals surface area contributed by atoms with Crippen LogP contribution in [0.4, 0.5) is 5.69 Å². The molecule has 3 saturated carbocycles. The van der Waals surface area contributed by atoms with E-state index in [0.717, 1.165) is 57.6 Å². The third-order valence-electron chi connectivity index (χ3n) is 9.03. The number of methoxy groups -OCH3 is 1. The van der Waals surface area contributed by atoms with Gasteiger partial charge in [0.05, 0.1) is 25.2 Å². The lowest BCUT2D eigenvalue weighted by Crippen LogP contribution is -2.47. The van der Waals surface area contributed by atoms with Gasteiger partial charge in [-0.1, -0.05) is 20.8 Å². The van der Waals surface area contributed by atoms with Crippen LogP contribution in [-0.2, 0) is 23.8 Å². The molecule has 4 rings (SSSR count). The Kier molecular flexibility index (Phi) is 9.30. The maximum atomic E-state index is 14.2. The summed E-state index contributed by atoms with van der Waals surface area (Å²) in [4.78, 5) is 30.8. The zero-order chi connectivity index (χ0) is 27.7. The number of thiophene rings is 1. The number of carbonyl (C=O) groups is 2. The maximum Gasteiger partial charge on any atom is 0.350 e. The van der Waals surface area contributed by atoms with Crippen LogP contribution in [0.25, 0.3) is 0 Å². The second-order valence-electron chi connectivity index (χ2n) is 12.7. The van der Waals surface area contributed by atoms with E-state index in [9.17, 15) is 18.0 Å². The maximum absolute atomic E-state index is 14.2. The number of amides is 1. The molecule has 214 valence electrons. The van der Waals surface area contributed by atoms with Crippen LogP contribution in [-0.4, -0.2) is 45.8 Å². The van der Waals surface area contributed by atoms with Gasteiger partial charge < -0.3 is 9.64 Å². The Labute approximate surface area is 232 Å². The topological polar surface area (TPSA) is 90.0 Å². The van der Waals surface area contributed by atoms with E-state index < -0.39 is 16.1 Å². The molecular formula is C29H45NO6S2. The standard InChI is InChI=1S/C29H45NO6S2/c1-19-6-8-21(9-7-19)27(31)30(22-10-12-23(13-11-22)36-38(5,33)34)24-18-25(37-26(24)28(32)35-4)20-14-16-29(2,3)17-15-20/h18-23H,6-17H2,1-5H3/t19-,21-,22-,23+. The first kappa shape index (κ1) is 29.5. The van der Waals surface area contributed by atoms with Gasteiger partial charge in [-0.25, -0.2) is 4.79 Å². The fraction of sp³-hybridized carbons (Fsp3) is 0.793. The number of anilines is 1. The van der Waals surface area contributed by atoms with Crippen LogP contribution in [0, 0.1) is 17.3 Å². The van der Waals surface area contributed by atoms with Crippen molar-refractivity contribution in [1.82, 2.24) is 0 Å². The number of hydrogen-bond donors (Lipinski definition) is 0. The number of esters is 1. The van der Waals surface area contributed by atoms with Gasteiger partial charge in [-0.2, -0.15) is 8.42 Å². The SMILES string of the molecule is COC(=O)c1sc(C2CCC(C)(C)CC2)cc1N(C(=O)[C@H]1CC[C@H](C)CC1)[C@H]1CC[C@@H](OS(C)(=O)=O)CC1. The third kappa shape index (κ3) is 7.19. The van der Waals surface area contributed by atoms with Gasteiger partial charge in [-0.3, -0.25) is 8.98 Å². The van der Waals surface area contributed by atoms with Crippen molar-refractivity contribution in [3.05, 3.63) is 15.8 Å². The van der Waals surface area contributed by atoms with E-state index >= 15 is 0 Å². The average molecular weight is 568 g/mol. The Morgan fingerprint density at radius 3 is 2.13 bits per heavy atom. The molecule has 38 heavy (non-hydrogen) atoms. The van der Waals surface area contributed by atoms with Crippen LogP contribution in [0.5, 0.6) is 0 Å². The second-order valence-corrected chi connectivity index (χ2v) is 15.4. The normalized spacial score (nSPS) is 28.6. The summed E-state index contributed by atoms with van der Waals surface area (Å²) >= 11 is 1.49. The van der Waals surface area contributed by atoms with Crippen LogP contribution >= 0.6 is 11.3 Å². The van der Waals surface area contributed by atoms with Gasteiger partial charge in [0, 0.05) is 16.8 Å². The summed E-state index contributed by atoms with van der Waals surface area (Å²) in [5, 5.41) is 0. The predicted molar refractivity (Wildman–Crippen MR) is 151 cm³/mol. The summed E-state index contributed by atoms with van der Waals surface area (Å²) in [6.07, 6.45) is 11.4. The first-order valence-electron chi connectivity index (χ1n) is 14.3. The molecule has 0 N–H and O–H groups in total. The van der Waals surface area contributed by atoms with Crippen LogP contribution < -0.4 is 4.90 Å². The Morgan fingerprint density at radius 2 is 1.58 bits per heavy atom. The molecule has 0 saturated heterocycles. The van der Waals surface area contributed by atoms with E-state index in [1.807, 2.05) is 4.90 Å². The number of hydrogen-bond acceptors (Lipinski definition) is 7. The smallest absolute Gasteiger partial charge is 0.350 e. The minimum absolute atomic E-state index is 0.0551. The highest BCUT2D eigenvalue weighted by molar-refractivity contribution is 7.86. The monoisotopic (exact) mass is 567 g/mol. The van der Waals surface area contributed by atoms with Gasteiger partial charge >= 0.3 is 5.97 Å². The van der Waals surface area contributed by atoms with Crippen LogP contribution in [0.15, 0.2) is 6.07 Å². The van der Waals surface area contributed by atoms with Crippen molar-refractivity contribution in [1.29, 1.82) is 0 Å². The predicted octanol–water partition coefficient (Wildman–Crippen LogP) is 6.67. The number of rotatable bonds is 7. The van der Waals surface area contributed by atoms with E-state index in [1.165, 1.54) is 23.3 Å². The van der Waals surface area contributed by atoms with Crippen LogP contribution in [0.2, 0.25) is 0 Å². The first-order chi connectivity index (χ1) is 17.9. The highest BCUT2D eigenvalue weighted by atomic mass is 32.2. The van der Waals surface area contributed by atoms with Gasteiger partial charge in [0.25, 0.3) is 10.1 Å². The average Bonchev–Trinajstić information content (AvgIpc) is 3.29. The molecule has 7 nitrogen and oxygen atoms in total. The molecule has 0 bridgehead atoms. The fourth-order valence-corrected chi connectivity index (χ4v) is 8.47. The lowest BCUT2D eigenvalue weighted by atomic mass is 9.73. The Bertz CT molecular complexity index is 1080. The van der Waals surface area contributed by atoms with Gasteiger partial charge in [-0.15, -0.1) is 11.3 Å². The van der Waals surface area contributed by atoms with Crippen molar-refractivity contribution in [3.8, 4) is 0 Å². The van der Waals surface area contributed by atoms with E-state index in [0.29, 0.717) is 53.5 Å². The molecule has 3 aliphatic carbocycles. The minimum atomic E-state index is -3.53. The number of nitrogens with zero attached hydrogens (tertiary/aromatic N) is 1. The molecule has 0 radical (unpaired) electrons. The summed E-state index contributed by atoms with van der Waals surface area (Å²) in [5.41, 5.74) is 1.03. The molecule has 0 aliphatic heterocycles. The number of carbonyl (C=O) groups excluding carboxylic acids is 2. The van der Waals surface area contributed by atoms with Gasteiger partial charge in [-0.05, 0) is 100 Å². The fourth-order valence-electron chi connectivity index (χ4n) is 6.55. The molecule has 3 aliphatic rings. The molecule has 9 heteroatoms. The van der Waals surface area contributed by atoms with Gasteiger partial charge in [0.2, 0.25) is 5.91 Å². The summed E-state index contributed by atoms with van der Waals surface area (Å²) in [7, 11) is -2.13. The van der Waals surface area contributed by atoms with Crippen molar-refractivity contribution >= 4 is 39.0 Å². The van der Waals surface area contributed by atoms with E-state index in [1.54, 1.807) is 0 Å². The summed E-state index contributed by atoms with van der Waals surface area (Å²) < 4.78 is 33.9. The van der Waals surface area contributed by atoms with Crippen LogP contribution in [0.3, 0.4) is 0 Å². The molecule has 1 aromatic heterocycles. The largest absolute Gasteiger partial charge is 0.465 e. The van der Waals surface area contributed by atoms with E-state index in [2.05, 4.69) is 26.8 Å². The Hall–Kier alpha value is -1.45. The lowest BCUT2D eigenvalue weighted by molar-refractivity contribution is -0.124. The van der Waals surface area contributed by atoms with E-state index in [4.69, 9.17) is 8.92 Å². The molecule has 1 heterocycles. The second kappa shape index (κ2) is 12.0. The quantitative estimate of drug-likeness (QED) is 0.270. The highest BCUT2D eigenvalue weighted by Gasteiger charge is 2.39. The minimum Gasteiger partial charge on any atom is -0.465 e. The van der Waals surface area contributed by atoms with Crippen molar-refractivity contribution < 1.29 is 26.9 Å². The molecule has 0 unspecified atom stereocenters. The van der Waals surface area contributed by atoms with Crippen molar-refractivity contribution in [2.75, 3.05) is 18.3 Å². The summed E-state index contributed by atoms with van der Waals surface area (Å²) in [5.74, 6) is 0.669.